The van der Waals surface area contributed by atoms with E-state index in [4.69, 9.17) is 0 Å². The Bertz CT molecular complexity index is 460. The van der Waals surface area contributed by atoms with Crippen molar-refractivity contribution in [2.24, 2.45) is 0 Å². The van der Waals surface area contributed by atoms with Crippen molar-refractivity contribution in [2.75, 3.05) is 44.4 Å². The summed E-state index contributed by atoms with van der Waals surface area (Å²) in [5, 5.41) is 2.69. The Hall–Kier alpha value is -1.50. The number of aromatic nitrogens is 1. The number of rotatable bonds is 6. The predicted molar refractivity (Wildman–Crippen MR) is 79.8 cm³/mol. The zero-order valence-corrected chi connectivity index (χ0v) is 13.1. The summed E-state index contributed by atoms with van der Waals surface area (Å²) in [7, 11) is 5.43. The van der Waals surface area contributed by atoms with Crippen LogP contribution in [0.15, 0.2) is 12.1 Å². The third-order valence-electron chi connectivity index (χ3n) is 3.19. The van der Waals surface area contributed by atoms with Gasteiger partial charge in [-0.05, 0) is 40.1 Å². The van der Waals surface area contributed by atoms with Crippen molar-refractivity contribution in [3.63, 3.8) is 0 Å². The van der Waals surface area contributed by atoms with Gasteiger partial charge in [-0.15, -0.1) is 0 Å². The molecule has 1 aromatic heterocycles. The summed E-state index contributed by atoms with van der Waals surface area (Å²) in [4.78, 5) is 8.13. The molecule has 0 radical (unpaired) electrons. The number of nitrogens with zero attached hydrogens (tertiary/aromatic N) is 3. The summed E-state index contributed by atoms with van der Waals surface area (Å²) < 4.78 is 38.9. The van der Waals surface area contributed by atoms with Crippen LogP contribution in [-0.4, -0.2) is 50.2 Å². The summed E-state index contributed by atoms with van der Waals surface area (Å²) in [6.45, 7) is 5.21. The number of anilines is 2. The van der Waals surface area contributed by atoms with Gasteiger partial charge in [-0.1, -0.05) is 0 Å². The van der Waals surface area contributed by atoms with Crippen LogP contribution in [-0.2, 0) is 6.18 Å². The minimum absolute atomic E-state index is 0.0608. The molecular formula is C14H23F3N4. The maximum atomic E-state index is 13.0. The molecule has 4 nitrogen and oxygen atoms in total. The molecule has 0 aliphatic carbocycles. The predicted octanol–water partition coefficient (Wildman–Crippen LogP) is 2.92. The Labute approximate surface area is 124 Å². The van der Waals surface area contributed by atoms with Crippen LogP contribution in [0.2, 0.25) is 0 Å². The van der Waals surface area contributed by atoms with E-state index in [1.54, 1.807) is 7.05 Å². The zero-order valence-electron chi connectivity index (χ0n) is 13.1. The highest BCUT2D eigenvalue weighted by Crippen LogP contribution is 2.33. The fourth-order valence-electron chi connectivity index (χ4n) is 2.28. The van der Waals surface area contributed by atoms with Crippen molar-refractivity contribution < 1.29 is 13.2 Å². The van der Waals surface area contributed by atoms with Crippen molar-refractivity contribution in [1.82, 2.24) is 9.88 Å². The minimum Gasteiger partial charge on any atom is -0.373 e. The number of alkyl halides is 3. The van der Waals surface area contributed by atoms with Crippen molar-refractivity contribution in [2.45, 2.75) is 26.1 Å². The summed E-state index contributed by atoms with van der Waals surface area (Å²) in [6.07, 6.45) is -4.38. The monoisotopic (exact) mass is 304 g/mol. The Kier molecular flexibility index (Phi) is 5.83. The smallest absolute Gasteiger partial charge is 0.373 e. The lowest BCUT2D eigenvalue weighted by Crippen LogP contribution is -2.40. The van der Waals surface area contributed by atoms with Crippen molar-refractivity contribution >= 4 is 11.6 Å². The normalized spacial score (nSPS) is 13.4. The van der Waals surface area contributed by atoms with Crippen LogP contribution < -0.4 is 10.2 Å². The zero-order chi connectivity index (χ0) is 16.2. The van der Waals surface area contributed by atoms with Gasteiger partial charge in [0.05, 0.1) is 5.56 Å². The highest BCUT2D eigenvalue weighted by Gasteiger charge is 2.32. The second kappa shape index (κ2) is 6.98. The van der Waals surface area contributed by atoms with E-state index in [1.807, 2.05) is 37.7 Å². The molecule has 0 saturated heterocycles. The second-order valence-electron chi connectivity index (χ2n) is 5.24. The molecule has 0 aliphatic rings. The summed E-state index contributed by atoms with van der Waals surface area (Å²) in [5.74, 6) is 0.557. The van der Waals surface area contributed by atoms with E-state index in [0.29, 0.717) is 12.4 Å². The quantitative estimate of drug-likeness (QED) is 0.875. The summed E-state index contributed by atoms with van der Waals surface area (Å²) in [6, 6.07) is 2.19. The Morgan fingerprint density at radius 3 is 2.33 bits per heavy atom. The largest absolute Gasteiger partial charge is 0.416 e. The van der Waals surface area contributed by atoms with Crippen LogP contribution in [0.25, 0.3) is 0 Å². The average molecular weight is 304 g/mol. The highest BCUT2D eigenvalue weighted by atomic mass is 19.4. The lowest BCUT2D eigenvalue weighted by atomic mass is 10.2. The van der Waals surface area contributed by atoms with E-state index in [0.717, 1.165) is 18.7 Å². The number of halogens is 3. The average Bonchev–Trinajstić information content (AvgIpc) is 2.37. The number of nitrogens with one attached hydrogen (secondary N) is 1. The Morgan fingerprint density at radius 2 is 1.90 bits per heavy atom. The van der Waals surface area contributed by atoms with Gasteiger partial charge in [0.1, 0.15) is 11.6 Å². The van der Waals surface area contributed by atoms with Crippen LogP contribution in [0.3, 0.4) is 0 Å². The summed E-state index contributed by atoms with van der Waals surface area (Å²) in [5.41, 5.74) is -0.688. The molecule has 1 atom stereocenters. The molecular weight excluding hydrogens is 281 g/mol. The first-order valence-corrected chi connectivity index (χ1v) is 6.87. The van der Waals surface area contributed by atoms with Crippen LogP contribution in [0, 0.1) is 0 Å². The number of pyridine rings is 1. The van der Waals surface area contributed by atoms with E-state index in [1.165, 1.54) is 0 Å². The number of hydrogen-bond acceptors (Lipinski definition) is 4. The number of likely N-dealkylation sites (N-methyl/N-ethyl adjacent to an activating group) is 2. The molecule has 1 aromatic rings. The first-order valence-electron chi connectivity index (χ1n) is 6.87. The van der Waals surface area contributed by atoms with Crippen LogP contribution in [0.4, 0.5) is 24.8 Å². The Balaban J connectivity index is 3.19. The molecule has 0 spiro atoms. The first-order chi connectivity index (χ1) is 9.68. The molecule has 0 fully saturated rings. The molecule has 21 heavy (non-hydrogen) atoms. The van der Waals surface area contributed by atoms with E-state index >= 15 is 0 Å². The van der Waals surface area contributed by atoms with Crippen LogP contribution in [0.1, 0.15) is 19.4 Å². The van der Waals surface area contributed by atoms with Gasteiger partial charge in [0, 0.05) is 26.2 Å². The van der Waals surface area contributed by atoms with Gasteiger partial charge < -0.3 is 15.1 Å². The molecule has 0 bridgehead atoms. The van der Waals surface area contributed by atoms with E-state index in [-0.39, 0.29) is 11.9 Å². The standard InChI is InChI=1S/C14H23F3N4/c1-6-21(10(2)9-20(4)5)13-8-11(14(15,16)17)7-12(18-3)19-13/h7-8,10H,6,9H2,1-5H3,(H,18,19). The van der Waals surface area contributed by atoms with Gasteiger partial charge in [0.2, 0.25) is 0 Å². The third kappa shape index (κ3) is 4.77. The molecule has 1 rings (SSSR count). The van der Waals surface area contributed by atoms with E-state index in [9.17, 15) is 13.2 Å². The SMILES string of the molecule is CCN(c1cc(C(F)(F)F)cc(NC)n1)C(C)CN(C)C. The van der Waals surface area contributed by atoms with Gasteiger partial charge in [-0.25, -0.2) is 4.98 Å². The molecule has 0 saturated carbocycles. The van der Waals surface area contributed by atoms with Crippen molar-refractivity contribution in [3.05, 3.63) is 17.7 Å². The molecule has 120 valence electrons. The summed E-state index contributed by atoms with van der Waals surface area (Å²) >= 11 is 0. The molecule has 1 N–H and O–H groups in total. The lowest BCUT2D eigenvalue weighted by Gasteiger charge is -2.31. The highest BCUT2D eigenvalue weighted by molar-refractivity contribution is 5.51. The van der Waals surface area contributed by atoms with Gasteiger partial charge in [-0.3, -0.25) is 0 Å². The maximum Gasteiger partial charge on any atom is 0.416 e. The second-order valence-corrected chi connectivity index (χ2v) is 5.24. The number of hydrogen-bond donors (Lipinski definition) is 1. The fraction of sp³-hybridized carbons (Fsp3) is 0.643. The molecule has 0 aromatic carbocycles. The van der Waals surface area contributed by atoms with E-state index < -0.39 is 11.7 Å². The third-order valence-corrected chi connectivity index (χ3v) is 3.19. The minimum atomic E-state index is -4.38. The molecule has 0 aliphatic heterocycles. The lowest BCUT2D eigenvalue weighted by molar-refractivity contribution is -0.137. The van der Waals surface area contributed by atoms with Gasteiger partial charge in [0.25, 0.3) is 0 Å². The molecule has 0 amide bonds. The molecule has 1 unspecified atom stereocenters. The van der Waals surface area contributed by atoms with Crippen LogP contribution >= 0.6 is 0 Å². The first kappa shape index (κ1) is 17.6. The Morgan fingerprint density at radius 1 is 1.29 bits per heavy atom. The molecule has 1 heterocycles. The van der Waals surface area contributed by atoms with Gasteiger partial charge in [-0.2, -0.15) is 13.2 Å². The maximum absolute atomic E-state index is 13.0. The molecule has 7 heteroatoms. The van der Waals surface area contributed by atoms with Gasteiger partial charge in [0.15, 0.2) is 0 Å². The van der Waals surface area contributed by atoms with Gasteiger partial charge >= 0.3 is 6.18 Å². The fourth-order valence-corrected chi connectivity index (χ4v) is 2.28. The van der Waals surface area contributed by atoms with Crippen molar-refractivity contribution in [1.29, 1.82) is 0 Å². The van der Waals surface area contributed by atoms with E-state index in [2.05, 4.69) is 10.3 Å². The van der Waals surface area contributed by atoms with Crippen molar-refractivity contribution in [3.8, 4) is 0 Å². The topological polar surface area (TPSA) is 31.4 Å². The van der Waals surface area contributed by atoms with Crippen LogP contribution in [0.5, 0.6) is 0 Å².